The summed E-state index contributed by atoms with van der Waals surface area (Å²) >= 11 is 24.7. The van der Waals surface area contributed by atoms with Crippen LogP contribution in [-0.4, -0.2) is 46.6 Å². The second kappa shape index (κ2) is 9.44. The monoisotopic (exact) mass is 551 g/mol. The third-order valence-electron chi connectivity index (χ3n) is 6.14. The molecule has 1 saturated carbocycles. The maximum atomic E-state index is 13.2. The number of anilines is 1. The average molecular weight is 553 g/mol. The van der Waals surface area contributed by atoms with E-state index in [9.17, 15) is 14.4 Å². The van der Waals surface area contributed by atoms with Gasteiger partial charge in [0.2, 0.25) is 0 Å². The molecule has 12 heteroatoms. The predicted octanol–water partition coefficient (Wildman–Crippen LogP) is 4.39. The topological polar surface area (TPSA) is 105 Å². The third-order valence-corrected chi connectivity index (χ3v) is 7.40. The quantitative estimate of drug-likeness (QED) is 0.435. The minimum atomic E-state index is -0.668. The number of amides is 2. The van der Waals surface area contributed by atoms with Crippen LogP contribution in [0.1, 0.15) is 31.2 Å². The fourth-order valence-electron chi connectivity index (χ4n) is 4.31. The lowest BCUT2D eigenvalue weighted by Gasteiger charge is -2.09. The second-order valence-corrected chi connectivity index (χ2v) is 9.90. The lowest BCUT2D eigenvalue weighted by molar-refractivity contribution is 0.0933. The molecule has 1 aliphatic carbocycles. The van der Waals surface area contributed by atoms with E-state index < -0.39 is 17.7 Å². The van der Waals surface area contributed by atoms with Crippen LogP contribution in [0.25, 0.3) is 0 Å². The Morgan fingerprint density at radius 2 is 1.40 bits per heavy atom. The number of nitrogens with zero attached hydrogens (tertiary/aromatic N) is 2. The van der Waals surface area contributed by atoms with Crippen LogP contribution in [0.3, 0.4) is 0 Å². The number of halogens is 4. The van der Waals surface area contributed by atoms with Crippen LogP contribution in [0.2, 0.25) is 20.1 Å². The molecule has 35 heavy (non-hydrogen) atoms. The molecule has 8 nitrogen and oxygen atoms in total. The number of carbonyl (C=O) groups is 3. The summed E-state index contributed by atoms with van der Waals surface area (Å²) in [4.78, 5) is 39.3. The highest BCUT2D eigenvalue weighted by atomic mass is 35.5. The smallest absolute Gasteiger partial charge is 0.281 e. The van der Waals surface area contributed by atoms with Crippen molar-refractivity contribution in [2.24, 2.45) is 11.8 Å². The lowest BCUT2D eigenvalue weighted by atomic mass is 10.2. The van der Waals surface area contributed by atoms with Gasteiger partial charge in [-0.1, -0.05) is 58.5 Å². The Morgan fingerprint density at radius 3 is 1.97 bits per heavy atom. The van der Waals surface area contributed by atoms with Crippen molar-refractivity contribution in [3.05, 3.63) is 79.5 Å². The van der Waals surface area contributed by atoms with Crippen molar-refractivity contribution >= 4 is 69.8 Å². The van der Waals surface area contributed by atoms with E-state index in [1.807, 2.05) is 0 Å². The standard InChI is InChI=1S/C23H17Cl4N5O3/c24-12-3-1-4-13(25)17(12)21(33)29-16-9-32(23(35)18-14(26)5-2-6-15(18)27)31-20(16)22(34)30-19-10-7-28-8-11(10)19/h1-6,9-11,19,28H,7-8H2,(H,29,33)(H,30,34). The van der Waals surface area contributed by atoms with Crippen LogP contribution in [0.15, 0.2) is 42.6 Å². The Labute approximate surface area is 219 Å². The first kappa shape index (κ1) is 24.1. The molecule has 0 spiro atoms. The van der Waals surface area contributed by atoms with Crippen molar-refractivity contribution < 1.29 is 14.4 Å². The Kier molecular flexibility index (Phi) is 6.50. The van der Waals surface area contributed by atoms with E-state index in [0.29, 0.717) is 11.8 Å². The molecule has 1 saturated heterocycles. The largest absolute Gasteiger partial charge is 0.347 e. The number of benzene rings is 2. The van der Waals surface area contributed by atoms with Crippen molar-refractivity contribution in [3.8, 4) is 0 Å². The number of carbonyl (C=O) groups excluding carboxylic acids is 3. The molecule has 180 valence electrons. The summed E-state index contributed by atoms with van der Waals surface area (Å²) in [5, 5.41) is 13.5. The molecule has 5 rings (SSSR count). The van der Waals surface area contributed by atoms with E-state index >= 15 is 0 Å². The highest BCUT2D eigenvalue weighted by molar-refractivity contribution is 6.41. The lowest BCUT2D eigenvalue weighted by Crippen LogP contribution is -2.33. The highest BCUT2D eigenvalue weighted by Gasteiger charge is 2.53. The van der Waals surface area contributed by atoms with Gasteiger partial charge >= 0.3 is 0 Å². The van der Waals surface area contributed by atoms with Crippen LogP contribution in [-0.2, 0) is 0 Å². The van der Waals surface area contributed by atoms with Crippen molar-refractivity contribution in [2.75, 3.05) is 18.4 Å². The van der Waals surface area contributed by atoms with Crippen molar-refractivity contribution in [1.82, 2.24) is 20.4 Å². The number of nitrogens with one attached hydrogen (secondary N) is 3. The van der Waals surface area contributed by atoms with E-state index in [2.05, 4.69) is 21.0 Å². The summed E-state index contributed by atoms with van der Waals surface area (Å²) in [5.74, 6) is -1.15. The number of hydrogen-bond donors (Lipinski definition) is 3. The molecule has 3 N–H and O–H groups in total. The van der Waals surface area contributed by atoms with Gasteiger partial charge in [-0.15, -0.1) is 0 Å². The maximum Gasteiger partial charge on any atom is 0.281 e. The summed E-state index contributed by atoms with van der Waals surface area (Å²) in [6.45, 7) is 1.64. The van der Waals surface area contributed by atoms with Gasteiger partial charge in [0.25, 0.3) is 17.7 Å². The molecule has 1 aliphatic heterocycles. The first-order chi connectivity index (χ1) is 16.8. The Morgan fingerprint density at radius 1 is 0.857 bits per heavy atom. The van der Waals surface area contributed by atoms with Gasteiger partial charge in [-0.25, -0.2) is 4.68 Å². The predicted molar refractivity (Wildman–Crippen MR) is 134 cm³/mol. The third kappa shape index (κ3) is 4.52. The fraction of sp³-hybridized carbons (Fsp3) is 0.217. The van der Waals surface area contributed by atoms with Crippen molar-refractivity contribution in [1.29, 1.82) is 0 Å². The van der Waals surface area contributed by atoms with Gasteiger partial charge in [0.1, 0.15) is 0 Å². The SMILES string of the molecule is O=C(NC1C2CNCC21)c1nn(C(=O)c2c(Cl)cccc2Cl)cc1NC(=O)c1c(Cl)cccc1Cl. The first-order valence-corrected chi connectivity index (χ1v) is 12.1. The zero-order valence-corrected chi connectivity index (χ0v) is 20.8. The maximum absolute atomic E-state index is 13.2. The number of hydrogen-bond acceptors (Lipinski definition) is 5. The minimum Gasteiger partial charge on any atom is -0.347 e. The fourth-order valence-corrected chi connectivity index (χ4v) is 5.43. The van der Waals surface area contributed by atoms with Gasteiger partial charge < -0.3 is 16.0 Å². The molecule has 2 heterocycles. The van der Waals surface area contributed by atoms with E-state index in [0.717, 1.165) is 17.8 Å². The Hall–Kier alpha value is -2.62. The normalized spacial score (nSPS) is 20.3. The molecule has 0 radical (unpaired) electrons. The number of aromatic nitrogens is 2. The summed E-state index contributed by atoms with van der Waals surface area (Å²) < 4.78 is 0.918. The summed E-state index contributed by atoms with van der Waals surface area (Å²) in [6.07, 6.45) is 1.23. The van der Waals surface area contributed by atoms with Gasteiger partial charge in [-0.2, -0.15) is 5.10 Å². The molecule has 2 atom stereocenters. The first-order valence-electron chi connectivity index (χ1n) is 10.6. The molecule has 3 aromatic rings. The van der Waals surface area contributed by atoms with Crippen LogP contribution in [0, 0.1) is 11.8 Å². The van der Waals surface area contributed by atoms with Crippen molar-refractivity contribution in [2.45, 2.75) is 6.04 Å². The highest BCUT2D eigenvalue weighted by Crippen LogP contribution is 2.41. The Bertz CT molecular complexity index is 1320. The molecule has 0 bridgehead atoms. The molecule has 2 unspecified atom stereocenters. The molecule has 2 aromatic carbocycles. The van der Waals surface area contributed by atoms with Gasteiger partial charge in [0, 0.05) is 19.1 Å². The number of fused-ring (bicyclic) bond motifs is 1. The summed E-state index contributed by atoms with van der Waals surface area (Å²) in [5.41, 5.74) is -0.0988. The molecular weight excluding hydrogens is 536 g/mol. The summed E-state index contributed by atoms with van der Waals surface area (Å²) in [6, 6.07) is 9.27. The van der Waals surface area contributed by atoms with Crippen molar-refractivity contribution in [3.63, 3.8) is 0 Å². The zero-order chi connectivity index (χ0) is 24.9. The molecule has 2 aliphatic rings. The van der Waals surface area contributed by atoms with E-state index in [1.165, 1.54) is 30.5 Å². The van der Waals surface area contributed by atoms with E-state index in [1.54, 1.807) is 12.1 Å². The summed E-state index contributed by atoms with van der Waals surface area (Å²) in [7, 11) is 0. The van der Waals surface area contributed by atoms with Gasteiger partial charge in [0.15, 0.2) is 5.69 Å². The number of piperidine rings is 1. The van der Waals surface area contributed by atoms with Crippen LogP contribution in [0.4, 0.5) is 5.69 Å². The van der Waals surface area contributed by atoms with Crippen LogP contribution in [0.5, 0.6) is 0 Å². The average Bonchev–Trinajstić information content (AvgIpc) is 3.16. The van der Waals surface area contributed by atoms with Crippen LogP contribution >= 0.6 is 46.4 Å². The van der Waals surface area contributed by atoms with Gasteiger partial charge in [-0.05, 0) is 36.1 Å². The van der Waals surface area contributed by atoms with Gasteiger partial charge in [-0.3, -0.25) is 14.4 Å². The second-order valence-electron chi connectivity index (χ2n) is 8.27. The van der Waals surface area contributed by atoms with Crippen LogP contribution < -0.4 is 16.0 Å². The molecule has 1 aromatic heterocycles. The molecule has 2 fully saturated rings. The zero-order valence-electron chi connectivity index (χ0n) is 17.8. The van der Waals surface area contributed by atoms with Gasteiger partial charge in [0.05, 0.1) is 43.1 Å². The Balaban J connectivity index is 1.49. The van der Waals surface area contributed by atoms with E-state index in [4.69, 9.17) is 46.4 Å². The minimum absolute atomic E-state index is 0.00365. The number of rotatable bonds is 5. The van der Waals surface area contributed by atoms with E-state index in [-0.39, 0.29) is 48.6 Å². The molecule has 2 amide bonds. The molecular formula is C23H17Cl4N5O3.